The van der Waals surface area contributed by atoms with E-state index >= 15 is 0 Å². The maximum atomic E-state index is 14.1. The number of amides is 3. The number of nitrogens with zero attached hydrogens (tertiary/aromatic N) is 4. The van der Waals surface area contributed by atoms with Crippen LogP contribution in [0.1, 0.15) is 38.6 Å². The summed E-state index contributed by atoms with van der Waals surface area (Å²) >= 11 is 1.49. The van der Waals surface area contributed by atoms with Gasteiger partial charge >= 0.3 is 0 Å². The predicted octanol–water partition coefficient (Wildman–Crippen LogP) is 3.22. The van der Waals surface area contributed by atoms with Crippen molar-refractivity contribution >= 4 is 40.6 Å². The second kappa shape index (κ2) is 12.1. The normalized spacial score (nSPS) is 20.5. The first-order chi connectivity index (χ1) is 21.0. The fraction of sp³-hybridized carbons (Fsp3) is 0.438. The largest absolute Gasteiger partial charge is 0.379 e. The number of nitrogens with one attached hydrogen (secondary N) is 1. The zero-order valence-corrected chi connectivity index (χ0v) is 24.8. The quantitative estimate of drug-likeness (QED) is 0.479. The monoisotopic (exact) mass is 601 g/mol. The maximum absolute atomic E-state index is 14.1. The zero-order valence-electron chi connectivity index (χ0n) is 24.0. The molecule has 0 radical (unpaired) electrons. The highest BCUT2D eigenvalue weighted by Gasteiger charge is 2.32. The maximum Gasteiger partial charge on any atom is 0.276 e. The van der Waals surface area contributed by atoms with Gasteiger partial charge in [-0.3, -0.25) is 14.4 Å². The molecule has 7 rings (SSSR count). The molecule has 2 saturated heterocycles. The lowest BCUT2D eigenvalue weighted by Crippen LogP contribution is -2.47. The summed E-state index contributed by atoms with van der Waals surface area (Å²) in [4.78, 5) is 52.4. The minimum absolute atomic E-state index is 0.0141. The first-order valence-electron chi connectivity index (χ1n) is 15.1. The Kier molecular flexibility index (Phi) is 7.85. The van der Waals surface area contributed by atoms with Crippen LogP contribution >= 0.6 is 11.3 Å². The Labute approximate surface area is 254 Å². The standard InChI is InChI=1S/C32H35N5O5S/c38-30(33-23-8-9-23)27-18-21-10-11-37(26-6-2-1-4-24(26)29(21)43-27)32(40)25-5-3-7-28(34-25)36-14-17-42-20-22(19-36)31(39)35-12-15-41-16-13-35/h1-7,18,22-23H,8-17,19-20H2,(H,33,38). The van der Waals surface area contributed by atoms with Crippen molar-refractivity contribution in [1.29, 1.82) is 0 Å². The van der Waals surface area contributed by atoms with Gasteiger partial charge in [0.15, 0.2) is 0 Å². The zero-order chi connectivity index (χ0) is 29.3. The van der Waals surface area contributed by atoms with Gasteiger partial charge in [-0.15, -0.1) is 11.3 Å². The molecule has 1 unspecified atom stereocenters. The molecule has 11 heteroatoms. The van der Waals surface area contributed by atoms with Crippen molar-refractivity contribution in [2.75, 3.05) is 69.0 Å². The number of carbonyl (C=O) groups excluding carboxylic acids is 3. The fourth-order valence-corrected chi connectivity index (χ4v) is 7.12. The van der Waals surface area contributed by atoms with E-state index in [9.17, 15) is 14.4 Å². The molecule has 43 heavy (non-hydrogen) atoms. The number of anilines is 2. The Morgan fingerprint density at radius 3 is 2.58 bits per heavy atom. The highest BCUT2D eigenvalue weighted by molar-refractivity contribution is 7.17. The molecule has 1 saturated carbocycles. The Bertz CT molecular complexity index is 1530. The van der Waals surface area contributed by atoms with Gasteiger partial charge in [0.05, 0.1) is 42.9 Å². The number of hydrogen-bond acceptors (Lipinski definition) is 8. The number of aromatic nitrogens is 1. The van der Waals surface area contributed by atoms with E-state index in [4.69, 9.17) is 14.5 Å². The molecule has 1 N–H and O–H groups in total. The van der Waals surface area contributed by atoms with E-state index in [1.54, 1.807) is 11.0 Å². The molecule has 3 amide bonds. The van der Waals surface area contributed by atoms with Gasteiger partial charge in [0.1, 0.15) is 11.5 Å². The fourth-order valence-electron chi connectivity index (χ4n) is 5.97. The van der Waals surface area contributed by atoms with Gasteiger partial charge in [0.25, 0.3) is 11.8 Å². The summed E-state index contributed by atoms with van der Waals surface area (Å²) in [7, 11) is 0. The van der Waals surface area contributed by atoms with E-state index in [0.717, 1.165) is 34.5 Å². The molecule has 224 valence electrons. The molecule has 1 aromatic carbocycles. The van der Waals surface area contributed by atoms with Crippen molar-refractivity contribution in [3.8, 4) is 10.4 Å². The van der Waals surface area contributed by atoms with Crippen LogP contribution in [0.15, 0.2) is 48.5 Å². The molecule has 10 nitrogen and oxygen atoms in total. The minimum Gasteiger partial charge on any atom is -0.379 e. The highest BCUT2D eigenvalue weighted by Crippen LogP contribution is 2.42. The van der Waals surface area contributed by atoms with Crippen molar-refractivity contribution in [2.45, 2.75) is 25.3 Å². The molecule has 3 aromatic rings. The van der Waals surface area contributed by atoms with Crippen LogP contribution in [-0.4, -0.2) is 92.8 Å². The van der Waals surface area contributed by atoms with Gasteiger partial charge in [0.2, 0.25) is 5.91 Å². The molecule has 3 aliphatic heterocycles. The molecule has 5 heterocycles. The number of ether oxygens (including phenoxy) is 2. The summed E-state index contributed by atoms with van der Waals surface area (Å²) in [5.74, 6) is 0.228. The second-order valence-electron chi connectivity index (χ2n) is 11.5. The Morgan fingerprint density at radius 1 is 0.930 bits per heavy atom. The van der Waals surface area contributed by atoms with E-state index in [0.29, 0.717) is 88.0 Å². The molecule has 3 fully saturated rings. The van der Waals surface area contributed by atoms with Gasteiger partial charge < -0.3 is 29.5 Å². The third-order valence-corrected chi connectivity index (χ3v) is 9.66. The Balaban J connectivity index is 1.12. The summed E-state index contributed by atoms with van der Waals surface area (Å²) < 4.78 is 11.2. The van der Waals surface area contributed by atoms with Crippen LogP contribution in [0.3, 0.4) is 0 Å². The van der Waals surface area contributed by atoms with Crippen molar-refractivity contribution in [2.24, 2.45) is 5.92 Å². The number of thiophene rings is 1. The average Bonchev–Trinajstić information content (AvgIpc) is 3.84. The first kappa shape index (κ1) is 28.0. The molecule has 1 atom stereocenters. The lowest BCUT2D eigenvalue weighted by Gasteiger charge is -2.31. The lowest BCUT2D eigenvalue weighted by molar-refractivity contribution is -0.140. The van der Waals surface area contributed by atoms with E-state index in [1.165, 1.54) is 11.3 Å². The molecule has 1 aliphatic carbocycles. The van der Waals surface area contributed by atoms with Crippen LogP contribution in [0.2, 0.25) is 0 Å². The van der Waals surface area contributed by atoms with Gasteiger partial charge in [-0.05, 0) is 49.1 Å². The molecule has 2 aromatic heterocycles. The topological polar surface area (TPSA) is 104 Å². The SMILES string of the molecule is O=C(NC1CC1)c1cc2c(s1)-c1ccccc1N(C(=O)c1cccc(N3CCOCC(C(=O)N4CCOCC4)C3)n1)CC2. The predicted molar refractivity (Wildman–Crippen MR) is 164 cm³/mol. The summed E-state index contributed by atoms with van der Waals surface area (Å²) in [6, 6.07) is 15.7. The molecule has 0 spiro atoms. The summed E-state index contributed by atoms with van der Waals surface area (Å²) in [5, 5.41) is 3.09. The third-order valence-electron chi connectivity index (χ3n) is 8.45. The van der Waals surface area contributed by atoms with Crippen LogP contribution in [-0.2, 0) is 20.7 Å². The molecular weight excluding hydrogens is 566 g/mol. The van der Waals surface area contributed by atoms with Crippen LogP contribution in [0.4, 0.5) is 11.5 Å². The van der Waals surface area contributed by atoms with E-state index in [2.05, 4.69) is 10.2 Å². The number of rotatable bonds is 5. The lowest BCUT2D eigenvalue weighted by atomic mass is 10.1. The second-order valence-corrected chi connectivity index (χ2v) is 12.5. The number of hydrogen-bond donors (Lipinski definition) is 1. The number of pyridine rings is 1. The van der Waals surface area contributed by atoms with E-state index in [1.807, 2.05) is 47.4 Å². The van der Waals surface area contributed by atoms with Crippen molar-refractivity contribution in [1.82, 2.24) is 15.2 Å². The number of para-hydroxylation sites is 1. The Hall–Kier alpha value is -3.80. The third kappa shape index (κ3) is 5.89. The van der Waals surface area contributed by atoms with Gasteiger partial charge in [-0.1, -0.05) is 24.3 Å². The van der Waals surface area contributed by atoms with Gasteiger partial charge in [-0.2, -0.15) is 0 Å². The van der Waals surface area contributed by atoms with Crippen LogP contribution < -0.4 is 15.1 Å². The molecule has 0 bridgehead atoms. The summed E-state index contributed by atoms with van der Waals surface area (Å²) in [6.07, 6.45) is 2.73. The number of benzene rings is 1. The van der Waals surface area contributed by atoms with Crippen molar-refractivity contribution < 1.29 is 23.9 Å². The van der Waals surface area contributed by atoms with Crippen molar-refractivity contribution in [3.63, 3.8) is 0 Å². The number of carbonyl (C=O) groups is 3. The van der Waals surface area contributed by atoms with Crippen molar-refractivity contribution in [3.05, 3.63) is 64.7 Å². The highest BCUT2D eigenvalue weighted by atomic mass is 32.1. The molecule has 4 aliphatic rings. The smallest absolute Gasteiger partial charge is 0.276 e. The minimum atomic E-state index is -0.311. The van der Waals surface area contributed by atoms with Gasteiger partial charge in [0, 0.05) is 49.2 Å². The van der Waals surface area contributed by atoms with E-state index < -0.39 is 0 Å². The number of morpholine rings is 1. The van der Waals surface area contributed by atoms with Crippen LogP contribution in [0.25, 0.3) is 10.4 Å². The number of fused-ring (bicyclic) bond motifs is 3. The Morgan fingerprint density at radius 2 is 1.74 bits per heavy atom. The van der Waals surface area contributed by atoms with E-state index in [-0.39, 0.29) is 23.6 Å². The average molecular weight is 602 g/mol. The molecular formula is C32H35N5O5S. The van der Waals surface area contributed by atoms with Crippen LogP contribution in [0.5, 0.6) is 0 Å². The summed E-state index contributed by atoms with van der Waals surface area (Å²) in [5.41, 5.74) is 3.19. The van der Waals surface area contributed by atoms with Crippen LogP contribution in [0, 0.1) is 5.92 Å². The van der Waals surface area contributed by atoms with Gasteiger partial charge in [-0.25, -0.2) is 4.98 Å². The summed E-state index contributed by atoms with van der Waals surface area (Å²) in [6.45, 7) is 4.68. The first-order valence-corrected chi connectivity index (χ1v) is 15.9.